The molecule has 1 N–H and O–H groups in total. The lowest BCUT2D eigenvalue weighted by Gasteiger charge is -2.23. The maximum atomic E-state index is 14.0. The van der Waals surface area contributed by atoms with E-state index < -0.39 is 0 Å². The number of hydrogen-bond acceptors (Lipinski definition) is 2. The Bertz CT molecular complexity index is 352. The van der Waals surface area contributed by atoms with Gasteiger partial charge in [0.15, 0.2) is 0 Å². The van der Waals surface area contributed by atoms with Crippen molar-refractivity contribution < 1.29 is 4.39 Å². The van der Waals surface area contributed by atoms with Crippen LogP contribution in [-0.2, 0) is 0 Å². The summed E-state index contributed by atoms with van der Waals surface area (Å²) in [6.07, 6.45) is 1.03. The molecule has 96 valence electrons. The van der Waals surface area contributed by atoms with E-state index in [1.54, 1.807) is 6.07 Å². The third-order valence-electron chi connectivity index (χ3n) is 3.12. The van der Waals surface area contributed by atoms with E-state index in [1.807, 2.05) is 26.1 Å². The normalized spacial score (nSPS) is 12.5. The maximum Gasteiger partial charge on any atom is 0.146 e. The van der Waals surface area contributed by atoms with Gasteiger partial charge >= 0.3 is 0 Å². The van der Waals surface area contributed by atoms with Crippen LogP contribution in [0.3, 0.4) is 0 Å². The molecule has 0 heterocycles. The average molecular weight is 238 g/mol. The second-order valence-corrected chi connectivity index (χ2v) is 4.30. The van der Waals surface area contributed by atoms with Gasteiger partial charge in [-0.1, -0.05) is 13.0 Å². The van der Waals surface area contributed by atoms with Crippen LogP contribution in [0, 0.1) is 5.82 Å². The van der Waals surface area contributed by atoms with Gasteiger partial charge in [-0.05, 0) is 45.0 Å². The van der Waals surface area contributed by atoms with E-state index >= 15 is 0 Å². The number of rotatable bonds is 6. The van der Waals surface area contributed by atoms with Crippen molar-refractivity contribution in [3.8, 4) is 0 Å². The molecule has 2 nitrogen and oxygen atoms in total. The smallest absolute Gasteiger partial charge is 0.146 e. The minimum atomic E-state index is -0.125. The molecule has 0 aliphatic heterocycles. The number of benzene rings is 1. The van der Waals surface area contributed by atoms with E-state index in [4.69, 9.17) is 0 Å². The fourth-order valence-electron chi connectivity index (χ4n) is 1.93. The quantitative estimate of drug-likeness (QED) is 0.817. The van der Waals surface area contributed by atoms with Crippen LogP contribution in [0.2, 0.25) is 0 Å². The fourth-order valence-corrected chi connectivity index (χ4v) is 1.93. The Morgan fingerprint density at radius 3 is 2.53 bits per heavy atom. The van der Waals surface area contributed by atoms with Crippen LogP contribution in [-0.4, -0.2) is 20.1 Å². The first-order chi connectivity index (χ1) is 8.13. The maximum absolute atomic E-state index is 14.0. The Kier molecular flexibility index (Phi) is 5.42. The molecule has 1 aromatic rings. The predicted molar refractivity (Wildman–Crippen MR) is 72.1 cm³/mol. The highest BCUT2D eigenvalue weighted by Crippen LogP contribution is 2.23. The van der Waals surface area contributed by atoms with Crippen molar-refractivity contribution in [1.29, 1.82) is 0 Å². The van der Waals surface area contributed by atoms with Crippen molar-refractivity contribution in [3.63, 3.8) is 0 Å². The summed E-state index contributed by atoms with van der Waals surface area (Å²) in [5, 5.41) is 3.12. The van der Waals surface area contributed by atoms with Crippen molar-refractivity contribution in [1.82, 2.24) is 5.32 Å². The number of anilines is 1. The second kappa shape index (κ2) is 6.60. The van der Waals surface area contributed by atoms with Gasteiger partial charge in [-0.25, -0.2) is 4.39 Å². The zero-order valence-electron chi connectivity index (χ0n) is 11.3. The lowest BCUT2D eigenvalue weighted by molar-refractivity contribution is 0.601. The van der Waals surface area contributed by atoms with Crippen LogP contribution in [0.15, 0.2) is 18.2 Å². The lowest BCUT2D eigenvalue weighted by atomic mass is 10.1. The summed E-state index contributed by atoms with van der Waals surface area (Å²) in [6.45, 7) is 7.93. The first-order valence-corrected chi connectivity index (χ1v) is 6.35. The molecule has 1 aromatic carbocycles. The van der Waals surface area contributed by atoms with E-state index in [0.29, 0.717) is 5.69 Å². The van der Waals surface area contributed by atoms with Gasteiger partial charge in [-0.3, -0.25) is 0 Å². The largest absolute Gasteiger partial charge is 0.369 e. The number of nitrogens with zero attached hydrogens (tertiary/aromatic N) is 1. The standard InChI is InChI=1S/C14H23FN2/c1-5-9-17(6-2)14-8-7-12(10-13(14)15)11(3)16-4/h7-8,10-11,16H,5-6,9H2,1-4H3. The van der Waals surface area contributed by atoms with Crippen LogP contribution in [0.25, 0.3) is 0 Å². The molecule has 1 unspecified atom stereocenters. The van der Waals surface area contributed by atoms with Gasteiger partial charge < -0.3 is 10.2 Å². The summed E-state index contributed by atoms with van der Waals surface area (Å²) in [6, 6.07) is 5.70. The highest BCUT2D eigenvalue weighted by molar-refractivity contribution is 5.49. The monoisotopic (exact) mass is 238 g/mol. The molecular formula is C14H23FN2. The third kappa shape index (κ3) is 3.43. The Labute approximate surface area is 104 Å². The molecular weight excluding hydrogens is 215 g/mol. The van der Waals surface area contributed by atoms with Gasteiger partial charge in [-0.2, -0.15) is 0 Å². The minimum Gasteiger partial charge on any atom is -0.369 e. The molecule has 0 saturated heterocycles. The van der Waals surface area contributed by atoms with Crippen LogP contribution in [0.5, 0.6) is 0 Å². The Hall–Kier alpha value is -1.09. The van der Waals surface area contributed by atoms with E-state index in [-0.39, 0.29) is 11.9 Å². The van der Waals surface area contributed by atoms with Crippen LogP contribution in [0.1, 0.15) is 38.8 Å². The highest BCUT2D eigenvalue weighted by Gasteiger charge is 2.11. The van der Waals surface area contributed by atoms with Gasteiger partial charge in [0.1, 0.15) is 5.82 Å². The molecule has 1 rings (SSSR count). The first-order valence-electron chi connectivity index (χ1n) is 6.35. The van der Waals surface area contributed by atoms with Gasteiger partial charge in [-0.15, -0.1) is 0 Å². The van der Waals surface area contributed by atoms with Gasteiger partial charge in [0.25, 0.3) is 0 Å². The minimum absolute atomic E-state index is 0.125. The van der Waals surface area contributed by atoms with Gasteiger partial charge in [0.2, 0.25) is 0 Å². The Morgan fingerprint density at radius 2 is 2.06 bits per heavy atom. The molecule has 0 spiro atoms. The van der Waals surface area contributed by atoms with Crippen LogP contribution >= 0.6 is 0 Å². The van der Waals surface area contributed by atoms with E-state index in [9.17, 15) is 4.39 Å². The van der Waals surface area contributed by atoms with Crippen molar-refractivity contribution in [3.05, 3.63) is 29.6 Å². The predicted octanol–water partition coefficient (Wildman–Crippen LogP) is 3.34. The highest BCUT2D eigenvalue weighted by atomic mass is 19.1. The zero-order valence-corrected chi connectivity index (χ0v) is 11.3. The molecule has 3 heteroatoms. The van der Waals surface area contributed by atoms with Crippen molar-refractivity contribution in [2.24, 2.45) is 0 Å². The molecule has 17 heavy (non-hydrogen) atoms. The fraction of sp³-hybridized carbons (Fsp3) is 0.571. The summed E-state index contributed by atoms with van der Waals surface area (Å²) < 4.78 is 14.0. The summed E-state index contributed by atoms with van der Waals surface area (Å²) in [5.74, 6) is -0.125. The molecule has 0 bridgehead atoms. The molecule has 0 amide bonds. The molecule has 1 atom stereocenters. The van der Waals surface area contributed by atoms with Gasteiger partial charge in [0, 0.05) is 19.1 Å². The van der Waals surface area contributed by atoms with Gasteiger partial charge in [0.05, 0.1) is 5.69 Å². The average Bonchev–Trinajstić information content (AvgIpc) is 2.35. The van der Waals surface area contributed by atoms with E-state index in [0.717, 1.165) is 25.1 Å². The molecule has 0 aliphatic rings. The molecule has 0 aliphatic carbocycles. The van der Waals surface area contributed by atoms with Crippen molar-refractivity contribution >= 4 is 5.69 Å². The zero-order chi connectivity index (χ0) is 12.8. The third-order valence-corrected chi connectivity index (χ3v) is 3.12. The van der Waals surface area contributed by atoms with Crippen LogP contribution < -0.4 is 10.2 Å². The molecule has 0 saturated carbocycles. The van der Waals surface area contributed by atoms with E-state index in [2.05, 4.69) is 24.1 Å². The topological polar surface area (TPSA) is 15.3 Å². The number of hydrogen-bond donors (Lipinski definition) is 1. The van der Waals surface area contributed by atoms with Crippen molar-refractivity contribution in [2.45, 2.75) is 33.2 Å². The SMILES string of the molecule is CCCN(CC)c1ccc(C(C)NC)cc1F. The van der Waals surface area contributed by atoms with Crippen molar-refractivity contribution in [2.75, 3.05) is 25.0 Å². The molecule has 0 radical (unpaired) electrons. The van der Waals surface area contributed by atoms with Crippen LogP contribution in [0.4, 0.5) is 10.1 Å². The lowest BCUT2D eigenvalue weighted by Crippen LogP contribution is -2.24. The summed E-state index contributed by atoms with van der Waals surface area (Å²) in [7, 11) is 1.88. The first kappa shape index (κ1) is 14.0. The summed E-state index contributed by atoms with van der Waals surface area (Å²) >= 11 is 0. The Balaban J connectivity index is 2.95. The summed E-state index contributed by atoms with van der Waals surface area (Å²) in [4.78, 5) is 2.07. The van der Waals surface area contributed by atoms with E-state index in [1.165, 1.54) is 0 Å². The Morgan fingerprint density at radius 1 is 1.35 bits per heavy atom. The molecule has 0 aromatic heterocycles. The number of nitrogens with one attached hydrogen (secondary N) is 1. The second-order valence-electron chi connectivity index (χ2n) is 4.30. The molecule has 0 fully saturated rings. The number of halogens is 1. The summed E-state index contributed by atoms with van der Waals surface area (Å²) in [5.41, 5.74) is 1.70.